The van der Waals surface area contributed by atoms with Gasteiger partial charge in [-0.3, -0.25) is 13.9 Å². The van der Waals surface area contributed by atoms with E-state index in [1.165, 1.54) is 4.90 Å². The van der Waals surface area contributed by atoms with Crippen molar-refractivity contribution in [1.29, 1.82) is 0 Å². The van der Waals surface area contributed by atoms with E-state index < -0.39 is 28.5 Å². The molecule has 3 rings (SSSR count). The fourth-order valence-corrected chi connectivity index (χ4v) is 4.68. The lowest BCUT2D eigenvalue weighted by Gasteiger charge is -2.32. The first-order valence-electron chi connectivity index (χ1n) is 12.0. The summed E-state index contributed by atoms with van der Waals surface area (Å²) in [5, 5.41) is 2.87. The van der Waals surface area contributed by atoms with E-state index in [2.05, 4.69) is 5.32 Å². The molecule has 1 unspecified atom stereocenters. The van der Waals surface area contributed by atoms with Gasteiger partial charge in [0.25, 0.3) is 0 Å². The molecule has 2 aromatic rings. The van der Waals surface area contributed by atoms with Crippen molar-refractivity contribution in [3.05, 3.63) is 53.6 Å². The van der Waals surface area contributed by atoms with E-state index in [9.17, 15) is 18.0 Å². The molecular formula is C26H35N3O6S. The van der Waals surface area contributed by atoms with Gasteiger partial charge in [-0.2, -0.15) is 0 Å². The van der Waals surface area contributed by atoms with E-state index >= 15 is 0 Å². The predicted molar refractivity (Wildman–Crippen MR) is 139 cm³/mol. The molecule has 0 spiro atoms. The maximum Gasteiger partial charge on any atom is 0.244 e. The van der Waals surface area contributed by atoms with E-state index in [0.29, 0.717) is 31.3 Å². The molecule has 0 saturated heterocycles. The molecule has 0 bridgehead atoms. The van der Waals surface area contributed by atoms with E-state index in [1.54, 1.807) is 25.1 Å². The maximum absolute atomic E-state index is 13.6. The highest BCUT2D eigenvalue weighted by Crippen LogP contribution is 2.34. The number of aryl methyl sites for hydroxylation is 1. The Morgan fingerprint density at radius 2 is 1.72 bits per heavy atom. The Morgan fingerprint density at radius 3 is 2.36 bits per heavy atom. The average Bonchev–Trinajstić information content (AvgIpc) is 2.82. The monoisotopic (exact) mass is 517 g/mol. The third kappa shape index (κ3) is 7.13. The van der Waals surface area contributed by atoms with Crippen LogP contribution in [0.4, 0.5) is 5.69 Å². The second-order valence-corrected chi connectivity index (χ2v) is 11.3. The molecule has 1 aliphatic rings. The number of amides is 2. The first-order valence-corrected chi connectivity index (χ1v) is 13.8. The largest absolute Gasteiger partial charge is 0.486 e. The van der Waals surface area contributed by atoms with Crippen LogP contribution in [0, 0.1) is 12.8 Å². The van der Waals surface area contributed by atoms with Crippen LogP contribution < -0.4 is 19.1 Å². The summed E-state index contributed by atoms with van der Waals surface area (Å²) < 4.78 is 37.6. The quantitative estimate of drug-likeness (QED) is 0.520. The van der Waals surface area contributed by atoms with Gasteiger partial charge in [-0.15, -0.1) is 0 Å². The van der Waals surface area contributed by atoms with Crippen LogP contribution in [0.2, 0.25) is 0 Å². The first kappa shape index (κ1) is 27.3. The summed E-state index contributed by atoms with van der Waals surface area (Å²) in [5.41, 5.74) is 2.14. The van der Waals surface area contributed by atoms with Gasteiger partial charge in [0.1, 0.15) is 25.8 Å². The van der Waals surface area contributed by atoms with E-state index in [1.807, 2.05) is 45.0 Å². The van der Waals surface area contributed by atoms with E-state index in [4.69, 9.17) is 9.47 Å². The minimum atomic E-state index is -3.83. The Balaban J connectivity index is 1.90. The molecule has 1 N–H and O–H groups in total. The topological polar surface area (TPSA) is 105 Å². The number of nitrogens with one attached hydrogen (secondary N) is 1. The Kier molecular flexibility index (Phi) is 8.84. The summed E-state index contributed by atoms with van der Waals surface area (Å²) in [6.45, 7) is 8.49. The lowest BCUT2D eigenvalue weighted by atomic mass is 10.1. The smallest absolute Gasteiger partial charge is 0.244 e. The molecule has 0 aromatic heterocycles. The molecule has 0 saturated carbocycles. The highest BCUT2D eigenvalue weighted by molar-refractivity contribution is 7.92. The van der Waals surface area contributed by atoms with Gasteiger partial charge in [-0.1, -0.05) is 43.7 Å². The van der Waals surface area contributed by atoms with Crippen molar-refractivity contribution in [2.75, 3.05) is 36.9 Å². The van der Waals surface area contributed by atoms with Crippen molar-refractivity contribution >= 4 is 27.5 Å². The lowest BCUT2D eigenvalue weighted by molar-refractivity contribution is -0.139. The number of hydrogen-bond acceptors (Lipinski definition) is 6. The summed E-state index contributed by atoms with van der Waals surface area (Å²) in [6.07, 6.45) is 1.04. The highest BCUT2D eigenvalue weighted by Gasteiger charge is 2.30. The highest BCUT2D eigenvalue weighted by atomic mass is 32.2. The number of anilines is 1. The van der Waals surface area contributed by atoms with Crippen molar-refractivity contribution in [3.8, 4) is 11.5 Å². The Labute approximate surface area is 213 Å². The summed E-state index contributed by atoms with van der Waals surface area (Å²) >= 11 is 0. The molecule has 2 aromatic carbocycles. The average molecular weight is 518 g/mol. The van der Waals surface area contributed by atoms with Crippen LogP contribution in [-0.4, -0.2) is 63.7 Å². The lowest BCUT2D eigenvalue weighted by Crippen LogP contribution is -2.51. The molecule has 196 valence electrons. The molecule has 36 heavy (non-hydrogen) atoms. The van der Waals surface area contributed by atoms with Crippen LogP contribution in [0.3, 0.4) is 0 Å². The van der Waals surface area contributed by atoms with Crippen LogP contribution in [0.15, 0.2) is 42.5 Å². The minimum absolute atomic E-state index is 0.162. The van der Waals surface area contributed by atoms with Gasteiger partial charge in [0.15, 0.2) is 11.5 Å². The summed E-state index contributed by atoms with van der Waals surface area (Å²) in [6, 6.07) is 11.6. The number of benzene rings is 2. The number of hydrogen-bond donors (Lipinski definition) is 1. The number of rotatable bonds is 10. The van der Waals surface area contributed by atoms with Crippen LogP contribution in [0.25, 0.3) is 0 Å². The molecular weight excluding hydrogens is 482 g/mol. The van der Waals surface area contributed by atoms with Gasteiger partial charge >= 0.3 is 0 Å². The fourth-order valence-electron chi connectivity index (χ4n) is 3.84. The number of sulfonamides is 1. The van der Waals surface area contributed by atoms with Gasteiger partial charge in [0.2, 0.25) is 21.8 Å². The molecule has 0 aliphatic carbocycles. The van der Waals surface area contributed by atoms with Crippen LogP contribution in [0.5, 0.6) is 11.5 Å². The van der Waals surface area contributed by atoms with E-state index in [-0.39, 0.29) is 24.1 Å². The Bertz CT molecular complexity index is 1200. The number of ether oxygens (including phenoxy) is 2. The zero-order valence-electron chi connectivity index (χ0n) is 21.5. The van der Waals surface area contributed by atoms with Crippen LogP contribution >= 0.6 is 0 Å². The zero-order chi connectivity index (χ0) is 26.5. The van der Waals surface area contributed by atoms with Crippen LogP contribution in [0.1, 0.15) is 31.9 Å². The summed E-state index contributed by atoms with van der Waals surface area (Å²) in [5.74, 6) is 0.385. The van der Waals surface area contributed by atoms with Crippen molar-refractivity contribution in [1.82, 2.24) is 10.2 Å². The van der Waals surface area contributed by atoms with Crippen molar-refractivity contribution < 1.29 is 27.5 Å². The van der Waals surface area contributed by atoms with Gasteiger partial charge in [-0.05, 0) is 37.5 Å². The first-order chi connectivity index (χ1) is 17.0. The van der Waals surface area contributed by atoms with E-state index in [0.717, 1.165) is 21.7 Å². The molecule has 1 heterocycles. The molecule has 1 aliphatic heterocycles. The van der Waals surface area contributed by atoms with Gasteiger partial charge in [0.05, 0.1) is 11.9 Å². The number of carbonyl (C=O) groups excluding carboxylic acids is 2. The molecule has 2 amide bonds. The van der Waals surface area contributed by atoms with Crippen molar-refractivity contribution in [2.24, 2.45) is 5.92 Å². The zero-order valence-corrected chi connectivity index (χ0v) is 22.3. The normalized spacial score (nSPS) is 13.7. The Morgan fingerprint density at radius 1 is 1.03 bits per heavy atom. The minimum Gasteiger partial charge on any atom is -0.486 e. The fraction of sp³-hybridized carbons (Fsp3) is 0.462. The van der Waals surface area contributed by atoms with Gasteiger partial charge < -0.3 is 19.7 Å². The third-order valence-corrected chi connectivity index (χ3v) is 6.92. The predicted octanol–water partition coefficient (Wildman–Crippen LogP) is 2.72. The second kappa shape index (κ2) is 11.6. The molecule has 0 fully saturated rings. The molecule has 10 heteroatoms. The number of nitrogens with zero attached hydrogens (tertiary/aromatic N) is 2. The standard InChI is InChI=1S/C26H35N3O6S/c1-18(2)15-27-26(31)20(4)28(16-21-8-6-7-19(3)13-21)25(30)17-29(36(5,32)33)22-9-10-23-24(14-22)35-12-11-34-23/h6-10,13-14,18,20H,11-12,15-17H2,1-5H3,(H,27,31). The number of carbonyl (C=O) groups is 2. The molecule has 9 nitrogen and oxygen atoms in total. The van der Waals surface area contributed by atoms with Crippen molar-refractivity contribution in [3.63, 3.8) is 0 Å². The molecule has 1 atom stereocenters. The second-order valence-electron chi connectivity index (χ2n) is 9.42. The van der Waals surface area contributed by atoms with Gasteiger partial charge in [-0.25, -0.2) is 8.42 Å². The van der Waals surface area contributed by atoms with Crippen molar-refractivity contribution in [2.45, 2.75) is 40.3 Å². The van der Waals surface area contributed by atoms with Crippen LogP contribution in [-0.2, 0) is 26.2 Å². The Hall–Kier alpha value is -3.27. The number of fused-ring (bicyclic) bond motifs is 1. The summed E-state index contributed by atoms with van der Waals surface area (Å²) in [7, 11) is -3.83. The van der Waals surface area contributed by atoms with Gasteiger partial charge in [0, 0.05) is 19.2 Å². The molecule has 0 radical (unpaired) electrons. The maximum atomic E-state index is 13.6. The third-order valence-electron chi connectivity index (χ3n) is 5.78. The summed E-state index contributed by atoms with van der Waals surface area (Å²) in [4.78, 5) is 27.9. The SMILES string of the molecule is Cc1cccc(CN(C(=O)CN(c2ccc3c(c2)OCCO3)S(C)(=O)=O)C(C)C(=O)NCC(C)C)c1.